The van der Waals surface area contributed by atoms with Gasteiger partial charge in [0.05, 0.1) is 31.1 Å². The summed E-state index contributed by atoms with van der Waals surface area (Å²) in [5.74, 6) is -0.113. The highest BCUT2D eigenvalue weighted by atomic mass is 16.7. The molecular weight excluding hydrogens is 344 g/mol. The number of piperidine rings is 1. The lowest BCUT2D eigenvalue weighted by Crippen LogP contribution is -2.61. The average Bonchev–Trinajstić information content (AvgIpc) is 2.77. The average molecular weight is 370 g/mol. The molecule has 1 aromatic rings. The molecule has 4 bridgehead atoms. The van der Waals surface area contributed by atoms with Gasteiger partial charge in [-0.3, -0.25) is 14.5 Å². The molecule has 1 spiro atoms. The van der Waals surface area contributed by atoms with Gasteiger partial charge in [-0.15, -0.1) is 0 Å². The van der Waals surface area contributed by atoms with Crippen LogP contribution >= 0.6 is 0 Å². The molecule has 1 amide bonds. The number of nitrogens with zero attached hydrogens (tertiary/aromatic N) is 2. The topological polar surface area (TPSA) is 62.2 Å². The van der Waals surface area contributed by atoms with Crippen molar-refractivity contribution in [2.75, 3.05) is 32.4 Å². The second kappa shape index (κ2) is 5.64. The van der Waals surface area contributed by atoms with Crippen molar-refractivity contribution in [1.82, 2.24) is 4.90 Å². The maximum Gasteiger partial charge on any atom is 0.264 e. The van der Waals surface area contributed by atoms with E-state index in [2.05, 4.69) is 11.9 Å². The number of anilines is 1. The number of fused-ring (bicyclic) bond motifs is 2. The van der Waals surface area contributed by atoms with Gasteiger partial charge in [0.15, 0.2) is 0 Å². The first-order valence-electron chi connectivity index (χ1n) is 9.65. The monoisotopic (exact) mass is 370 g/mol. The zero-order chi connectivity index (χ0) is 19.0. The van der Waals surface area contributed by atoms with Crippen molar-refractivity contribution in [2.24, 2.45) is 5.92 Å². The number of para-hydroxylation sites is 1. The summed E-state index contributed by atoms with van der Waals surface area (Å²) in [6.07, 6.45) is 2.73. The largest absolute Gasteiger partial charge is 0.385 e. The first-order valence-corrected chi connectivity index (χ1v) is 9.65. The van der Waals surface area contributed by atoms with E-state index < -0.39 is 11.0 Å². The van der Waals surface area contributed by atoms with Crippen molar-refractivity contribution in [3.63, 3.8) is 0 Å². The summed E-state index contributed by atoms with van der Waals surface area (Å²) < 4.78 is 6.29. The zero-order valence-corrected chi connectivity index (χ0v) is 16.0. The lowest BCUT2D eigenvalue weighted by molar-refractivity contribution is -0.157. The summed E-state index contributed by atoms with van der Waals surface area (Å²) in [7, 11) is 3.61. The number of allylic oxidation sites excluding steroid dienone is 1. The van der Waals surface area contributed by atoms with Crippen molar-refractivity contribution in [2.45, 2.75) is 42.9 Å². The molecule has 6 heteroatoms. The summed E-state index contributed by atoms with van der Waals surface area (Å²) in [6.45, 7) is 3.18. The Morgan fingerprint density at radius 2 is 2.11 bits per heavy atom. The van der Waals surface area contributed by atoms with Crippen LogP contribution in [0.1, 0.15) is 25.3 Å². The molecule has 1 aromatic carbocycles. The molecule has 4 heterocycles. The number of hydroxylamine groups is 1. The molecule has 1 saturated carbocycles. The van der Waals surface area contributed by atoms with Gasteiger partial charge in [-0.25, -0.2) is 0 Å². The first-order chi connectivity index (χ1) is 13.0. The molecule has 1 aliphatic carbocycles. The molecule has 5 atom stereocenters. The van der Waals surface area contributed by atoms with E-state index >= 15 is 0 Å². The highest BCUT2D eigenvalue weighted by Gasteiger charge is 2.67. The zero-order valence-electron chi connectivity index (χ0n) is 16.0. The molecule has 0 aromatic heterocycles. The lowest BCUT2D eigenvalue weighted by Gasteiger charge is -2.51. The predicted octanol–water partition coefficient (Wildman–Crippen LogP) is 1.63. The van der Waals surface area contributed by atoms with Crippen molar-refractivity contribution in [1.29, 1.82) is 0 Å². The predicted molar refractivity (Wildman–Crippen MR) is 100 cm³/mol. The third-order valence-electron chi connectivity index (χ3n) is 7.37. The molecule has 1 N–H and O–H groups in total. The van der Waals surface area contributed by atoms with E-state index in [1.54, 1.807) is 0 Å². The van der Waals surface area contributed by atoms with Crippen molar-refractivity contribution >= 4 is 11.6 Å². The molecule has 6 rings (SSSR count). The van der Waals surface area contributed by atoms with E-state index in [1.807, 2.05) is 37.3 Å². The van der Waals surface area contributed by atoms with Gasteiger partial charge in [-0.1, -0.05) is 24.3 Å². The van der Waals surface area contributed by atoms with E-state index in [9.17, 15) is 9.90 Å². The van der Waals surface area contributed by atoms with Crippen LogP contribution in [0.3, 0.4) is 0 Å². The lowest BCUT2D eigenvalue weighted by atomic mass is 9.70. The summed E-state index contributed by atoms with van der Waals surface area (Å²) in [5.41, 5.74) is 1.05. The fourth-order valence-electron chi connectivity index (χ4n) is 6.02. The fraction of sp³-hybridized carbons (Fsp3) is 0.571. The smallest absolute Gasteiger partial charge is 0.264 e. The number of carbonyl (C=O) groups is 1. The van der Waals surface area contributed by atoms with Crippen LogP contribution in [0, 0.1) is 5.92 Å². The fourth-order valence-corrected chi connectivity index (χ4v) is 6.02. The molecule has 0 unspecified atom stereocenters. The molecule has 4 fully saturated rings. The van der Waals surface area contributed by atoms with Crippen LogP contribution in [0.4, 0.5) is 5.69 Å². The third-order valence-corrected chi connectivity index (χ3v) is 7.37. The van der Waals surface area contributed by atoms with Crippen LogP contribution in [0.25, 0.3) is 0 Å². The van der Waals surface area contributed by atoms with Crippen molar-refractivity contribution in [3.05, 3.63) is 41.5 Å². The second-order valence-electron chi connectivity index (χ2n) is 8.33. The number of aliphatic hydroxyl groups is 1. The van der Waals surface area contributed by atoms with Gasteiger partial charge >= 0.3 is 0 Å². The van der Waals surface area contributed by atoms with Crippen LogP contribution in [-0.2, 0) is 19.8 Å². The Hall–Kier alpha value is -1.73. The molecule has 0 radical (unpaired) electrons. The maximum absolute atomic E-state index is 13.7. The van der Waals surface area contributed by atoms with Gasteiger partial charge in [0.2, 0.25) is 0 Å². The molecule has 4 aliphatic heterocycles. The number of carbonyl (C=O) groups excluding carboxylic acids is 1. The quantitative estimate of drug-likeness (QED) is 0.762. The Bertz CT molecular complexity index is 839. The second-order valence-corrected chi connectivity index (χ2v) is 8.33. The minimum absolute atomic E-state index is 0.0327. The molecule has 6 nitrogen and oxygen atoms in total. The number of ether oxygens (including phenoxy) is 1. The van der Waals surface area contributed by atoms with Crippen LogP contribution < -0.4 is 5.06 Å². The van der Waals surface area contributed by atoms with Gasteiger partial charge in [0.1, 0.15) is 5.41 Å². The molecule has 27 heavy (non-hydrogen) atoms. The van der Waals surface area contributed by atoms with E-state index in [4.69, 9.17) is 9.57 Å². The number of likely N-dealkylation sites (tertiary alicyclic amines) is 1. The van der Waals surface area contributed by atoms with Crippen molar-refractivity contribution in [3.8, 4) is 0 Å². The Balaban J connectivity index is 1.73. The summed E-state index contributed by atoms with van der Waals surface area (Å²) in [6, 6.07) is 7.89. The number of hydrogen-bond donors (Lipinski definition) is 1. The molecule has 144 valence electrons. The molecular formula is C21H26N2O4. The minimum atomic E-state index is -0.909. The highest BCUT2D eigenvalue weighted by molar-refractivity contribution is 6.07. The Labute approximate surface area is 159 Å². The molecule has 5 aliphatic rings. The summed E-state index contributed by atoms with van der Waals surface area (Å²) in [4.78, 5) is 21.4. The number of rotatable bonds is 1. The maximum atomic E-state index is 13.7. The van der Waals surface area contributed by atoms with E-state index in [-0.39, 0.29) is 24.0 Å². The number of amides is 1. The standard InChI is InChI=1S/C21H26N2O4/c1-4-13-11-22(2)17-9-20(18-10-21(13,25)15(17)12-27-18)14-7-5-6-8-16(14)23(26-3)19(20)24/h4-8,15,17-18,25H,9-12H2,1-3H3/b13-4+/t15-,17+,18-,20-,21+/m0/s1. The number of likely N-dealkylation sites (N-methyl/N-ethyl adjacent to an activating group) is 1. The van der Waals surface area contributed by atoms with E-state index in [0.29, 0.717) is 19.4 Å². The SMILES string of the molecule is C/C=C1\CN(C)[C@@H]2C[C@@]3(C(=O)N(OC)c4ccccc43)[C@@H]3C[C@]1(O)[C@H]2CO3. The van der Waals surface area contributed by atoms with Gasteiger partial charge in [0, 0.05) is 24.9 Å². The van der Waals surface area contributed by atoms with Gasteiger partial charge < -0.3 is 9.84 Å². The van der Waals surface area contributed by atoms with Gasteiger partial charge in [-0.05, 0) is 37.6 Å². The van der Waals surface area contributed by atoms with Crippen LogP contribution in [0.5, 0.6) is 0 Å². The third kappa shape index (κ3) is 1.96. The van der Waals surface area contributed by atoms with E-state index in [0.717, 1.165) is 23.4 Å². The van der Waals surface area contributed by atoms with Gasteiger partial charge in [-0.2, -0.15) is 5.06 Å². The minimum Gasteiger partial charge on any atom is -0.385 e. The van der Waals surface area contributed by atoms with Crippen LogP contribution in [0.15, 0.2) is 35.9 Å². The summed E-state index contributed by atoms with van der Waals surface area (Å²) >= 11 is 0. The first kappa shape index (κ1) is 17.4. The van der Waals surface area contributed by atoms with E-state index in [1.165, 1.54) is 12.2 Å². The Kier molecular flexibility index (Phi) is 3.63. The van der Waals surface area contributed by atoms with Gasteiger partial charge in [0.25, 0.3) is 5.91 Å². The highest BCUT2D eigenvalue weighted by Crippen LogP contribution is 2.58. The normalized spacial score (nSPS) is 42.1. The Morgan fingerprint density at radius 1 is 1.33 bits per heavy atom. The van der Waals surface area contributed by atoms with Crippen LogP contribution in [0.2, 0.25) is 0 Å². The van der Waals surface area contributed by atoms with Crippen molar-refractivity contribution < 1.29 is 19.5 Å². The number of benzene rings is 1. The Morgan fingerprint density at radius 3 is 2.85 bits per heavy atom. The van der Waals surface area contributed by atoms with Crippen LogP contribution in [-0.4, -0.2) is 61.0 Å². The number of hydrogen-bond acceptors (Lipinski definition) is 5. The summed E-state index contributed by atoms with van der Waals surface area (Å²) in [5, 5.41) is 13.1. The molecule has 3 saturated heterocycles.